The van der Waals surface area contributed by atoms with Gasteiger partial charge in [0, 0.05) is 50.3 Å². The van der Waals surface area contributed by atoms with Crippen LogP contribution in [0.4, 0.5) is 11.4 Å². The Balaban J connectivity index is 0.523. The highest BCUT2D eigenvalue weighted by Crippen LogP contribution is 2.59. The molecule has 109 heavy (non-hydrogen) atoms. The van der Waals surface area contributed by atoms with Crippen LogP contribution in [-0.2, 0) is 92.4 Å². The van der Waals surface area contributed by atoms with E-state index in [1.54, 1.807) is 114 Å². The van der Waals surface area contributed by atoms with Gasteiger partial charge >= 0.3 is 0 Å². The van der Waals surface area contributed by atoms with Crippen molar-refractivity contribution in [2.24, 2.45) is 71.0 Å². The number of fused-ring (bicyclic) bond motifs is 30. The molecule has 2 aromatic carbocycles. The Morgan fingerprint density at radius 3 is 0.771 bits per heavy atom. The van der Waals surface area contributed by atoms with E-state index >= 15 is 9.59 Å². The number of amides is 12. The van der Waals surface area contributed by atoms with Crippen LogP contribution in [0.3, 0.4) is 0 Å². The highest BCUT2D eigenvalue weighted by molar-refractivity contribution is 6.24. The van der Waals surface area contributed by atoms with Gasteiger partial charge in [0.05, 0.1) is 132 Å². The SMILES string of the molecule is CC(C)N1C(=O)C2C3C=CC(CNN(CC45C=CC(O4)C4C(=O)N(c6ccc(Cc7ccc(N8C(=O)C9C%10C=CC(CN(NCC%11%12C=CC(O%11)C%11C(=O)N(C(C)C)C(=O)C%11%12)NCC%11%12C=CC(O%11)C%11C(=O)N(C(C)C)C(=O)C%11%12)(O%10)C9C8=O)cc7)cc6)C(=O)C45)NCC45C=CC(O4)C4C(=O)N(C(C)C)C(=O)C45)(O3)C2C1=O. The second-order valence-electron chi connectivity index (χ2n) is 34.0. The molecule has 12 bridgehead atoms. The zero-order valence-corrected chi connectivity index (χ0v) is 61.1. The number of hydrazine groups is 4. The monoisotopic (exact) mass is 1490 g/mol. The number of nitrogens with one attached hydrogen (secondary N) is 4. The molecule has 0 saturated carbocycles. The Kier molecular flexibility index (Phi) is 14.9. The van der Waals surface area contributed by atoms with Gasteiger partial charge in [-0.2, -0.15) is 10.2 Å². The third-order valence-electron chi connectivity index (χ3n) is 26.9. The molecule has 18 aliphatic heterocycles. The van der Waals surface area contributed by atoms with E-state index in [-0.39, 0.29) is 111 Å². The van der Waals surface area contributed by atoms with Crippen molar-refractivity contribution in [3.8, 4) is 0 Å². The molecular weight excluding hydrogens is 1400 g/mol. The van der Waals surface area contributed by atoms with Crippen molar-refractivity contribution in [2.75, 3.05) is 49.1 Å². The Bertz CT molecular complexity index is 4230. The zero-order valence-electron chi connectivity index (χ0n) is 61.1. The molecule has 24 atom stereocenters. The van der Waals surface area contributed by atoms with Gasteiger partial charge in [-0.1, -0.05) is 97.2 Å². The van der Waals surface area contributed by atoms with Crippen LogP contribution >= 0.6 is 0 Å². The first-order valence-electron chi connectivity index (χ1n) is 38.2. The Labute approximate surface area is 625 Å². The van der Waals surface area contributed by atoms with E-state index < -0.39 is 165 Å². The molecule has 0 radical (unpaired) electrons. The molecular formula is C79H84N12O18. The van der Waals surface area contributed by atoms with E-state index in [4.69, 9.17) is 28.4 Å². The number of carbonyl (C=O) groups is 12. The van der Waals surface area contributed by atoms with Crippen molar-refractivity contribution < 1.29 is 86.0 Å². The van der Waals surface area contributed by atoms with Crippen LogP contribution in [0.25, 0.3) is 0 Å². The van der Waals surface area contributed by atoms with Crippen LogP contribution in [0.15, 0.2) is 121 Å². The van der Waals surface area contributed by atoms with Gasteiger partial charge in [0.2, 0.25) is 70.9 Å². The second-order valence-corrected chi connectivity index (χ2v) is 34.0. The van der Waals surface area contributed by atoms with E-state index in [0.717, 1.165) is 11.1 Å². The number of nitrogens with zero attached hydrogens (tertiary/aromatic N) is 8. The van der Waals surface area contributed by atoms with Crippen molar-refractivity contribution >= 4 is 82.3 Å². The first-order valence-corrected chi connectivity index (χ1v) is 38.2. The predicted octanol–water partition coefficient (Wildman–Crippen LogP) is 0.394. The summed E-state index contributed by atoms with van der Waals surface area (Å²) < 4.78 is 39.5. The molecule has 0 spiro atoms. The van der Waals surface area contributed by atoms with Crippen LogP contribution in [0.1, 0.15) is 66.5 Å². The summed E-state index contributed by atoms with van der Waals surface area (Å²) in [5, 5.41) is 3.24. The van der Waals surface area contributed by atoms with Crippen LogP contribution in [0.5, 0.6) is 0 Å². The van der Waals surface area contributed by atoms with E-state index in [9.17, 15) is 47.9 Å². The molecule has 30 nitrogen and oxygen atoms in total. The third kappa shape index (κ3) is 9.21. The zero-order chi connectivity index (χ0) is 75.7. The van der Waals surface area contributed by atoms with E-state index in [1.807, 2.05) is 72.9 Å². The van der Waals surface area contributed by atoms with E-state index in [2.05, 4.69) is 21.7 Å². The Hall–Kier alpha value is -8.76. The summed E-state index contributed by atoms with van der Waals surface area (Å²) in [5.41, 5.74) is 8.37. The predicted molar refractivity (Wildman–Crippen MR) is 376 cm³/mol. The molecule has 2 aromatic rings. The molecule has 12 saturated heterocycles. The van der Waals surface area contributed by atoms with Gasteiger partial charge < -0.3 is 28.4 Å². The third-order valence-corrected chi connectivity index (χ3v) is 26.9. The topological polar surface area (TPSA) is 334 Å². The van der Waals surface area contributed by atoms with Gasteiger partial charge in [-0.05, 0) is 97.2 Å². The number of hydrogen-bond donors (Lipinski definition) is 4. The molecule has 20 rings (SSSR count). The fourth-order valence-electron chi connectivity index (χ4n) is 22.3. The molecule has 30 heteroatoms. The largest absolute Gasteiger partial charge is 0.361 e. The first-order chi connectivity index (χ1) is 52.1. The van der Waals surface area contributed by atoms with Crippen LogP contribution in [-0.4, -0.2) is 234 Å². The maximum absolute atomic E-state index is 15.1. The minimum Gasteiger partial charge on any atom is -0.361 e. The molecule has 24 unspecified atom stereocenters. The molecule has 0 aliphatic carbocycles. The van der Waals surface area contributed by atoms with Gasteiger partial charge in [-0.15, -0.1) is 0 Å². The van der Waals surface area contributed by atoms with E-state index in [0.29, 0.717) is 17.8 Å². The summed E-state index contributed by atoms with van der Waals surface area (Å²) in [5.74, 6) is -14.1. The van der Waals surface area contributed by atoms with Crippen LogP contribution in [0, 0.1) is 71.0 Å². The van der Waals surface area contributed by atoms with E-state index in [1.165, 1.54) is 29.4 Å². The highest BCUT2D eigenvalue weighted by Gasteiger charge is 2.75. The maximum atomic E-state index is 15.1. The summed E-state index contributed by atoms with van der Waals surface area (Å²) >= 11 is 0. The van der Waals surface area contributed by atoms with Gasteiger partial charge in [-0.3, -0.25) is 77.1 Å². The van der Waals surface area contributed by atoms with Crippen molar-refractivity contribution in [1.29, 1.82) is 0 Å². The first kappa shape index (κ1) is 69.4. The number of hydrogen-bond acceptors (Lipinski definition) is 24. The fourth-order valence-corrected chi connectivity index (χ4v) is 22.3. The average Bonchev–Trinajstić information content (AvgIpc) is 1.56. The molecule has 568 valence electrons. The normalized spacial score (nSPS) is 41.8. The van der Waals surface area contributed by atoms with Gasteiger partial charge in [-0.25, -0.2) is 31.5 Å². The summed E-state index contributed by atoms with van der Waals surface area (Å²) in [6, 6.07) is 12.7. The number of likely N-dealkylation sites (tertiary alicyclic amines) is 4. The smallest absolute Gasteiger partial charge is 0.241 e. The molecule has 12 amide bonds. The standard InChI is InChI=1S/C79H84N12O18/c1-36(2)86-62(92)50-44-17-23-74(104-44,56(50)68(86)98)30-80-84(81-31-75-24-18-45(105-75)51-57(75)69(99)87(37(3)4)63(51)93)34-78-27-21-48(108-78)54-60(78)72(102)90(66(54)96)42-13-9-40(10-14-42)29-41-11-15-43(16-12-41)91-67(97)55-49-22-28-79(109-49,61(55)73(91)103)35-85(82-32-76-25-19-46(106-76)52-58(76)70(100)88(38(5)6)64(52)94)83-33-77-26-20-47(107-77)53-59(77)71(101)89(39(7)8)65(53)95/h9-28,36-39,44-61,80-83H,29-35H2,1-8H3. The number of ether oxygens (including phenoxy) is 6. The number of anilines is 2. The van der Waals surface area contributed by atoms with Crippen molar-refractivity contribution in [3.63, 3.8) is 0 Å². The number of rotatable bonds is 24. The fraction of sp³-hybridized carbons (Fsp3) is 0.544. The second kappa shape index (κ2) is 23.4. The van der Waals surface area contributed by atoms with Gasteiger partial charge in [0.1, 0.15) is 33.6 Å². The minimum atomic E-state index is -1.40. The van der Waals surface area contributed by atoms with Crippen molar-refractivity contribution in [1.82, 2.24) is 51.5 Å². The molecule has 0 aromatic heterocycles. The van der Waals surface area contributed by atoms with Crippen molar-refractivity contribution in [3.05, 3.63) is 133 Å². The quantitative estimate of drug-likeness (QED) is 0.0628. The summed E-state index contributed by atoms with van der Waals surface area (Å²) in [6.45, 7) is 14.1. The molecule has 18 heterocycles. The summed E-state index contributed by atoms with van der Waals surface area (Å²) in [6.07, 6.45) is 18.1. The molecule has 4 N–H and O–H groups in total. The highest BCUT2D eigenvalue weighted by atomic mass is 16.6. The average molecular weight is 1490 g/mol. The molecule has 12 fully saturated rings. The number of imide groups is 6. The number of benzene rings is 2. The Morgan fingerprint density at radius 1 is 0.303 bits per heavy atom. The van der Waals surface area contributed by atoms with Crippen molar-refractivity contribution in [2.45, 2.75) is 156 Å². The van der Waals surface area contributed by atoms with Gasteiger partial charge in [0.15, 0.2) is 0 Å². The minimum absolute atomic E-state index is 0.0155. The summed E-state index contributed by atoms with van der Waals surface area (Å²) in [4.78, 5) is 179. The summed E-state index contributed by atoms with van der Waals surface area (Å²) in [7, 11) is 0. The van der Waals surface area contributed by atoms with Crippen LogP contribution in [0.2, 0.25) is 0 Å². The number of carbonyl (C=O) groups excluding carboxylic acids is 12. The Morgan fingerprint density at radius 2 is 0.523 bits per heavy atom. The lowest BCUT2D eigenvalue weighted by atomic mass is 9.76. The maximum Gasteiger partial charge on any atom is 0.241 e. The van der Waals surface area contributed by atoms with Crippen LogP contribution < -0.4 is 31.5 Å². The molecule has 18 aliphatic rings. The lowest BCUT2D eigenvalue weighted by molar-refractivity contribution is -0.149. The lowest BCUT2D eigenvalue weighted by Crippen LogP contribution is -2.63. The lowest BCUT2D eigenvalue weighted by Gasteiger charge is -2.39. The van der Waals surface area contributed by atoms with Gasteiger partial charge in [0.25, 0.3) is 0 Å².